The summed E-state index contributed by atoms with van der Waals surface area (Å²) in [6.45, 7) is 4.66. The molecule has 0 saturated carbocycles. The van der Waals surface area contributed by atoms with Gasteiger partial charge in [0, 0.05) is 17.5 Å². The lowest BCUT2D eigenvalue weighted by Gasteiger charge is -2.22. The van der Waals surface area contributed by atoms with Gasteiger partial charge in [-0.15, -0.1) is 0 Å². The van der Waals surface area contributed by atoms with Crippen molar-refractivity contribution in [3.05, 3.63) is 35.0 Å². The van der Waals surface area contributed by atoms with Crippen LogP contribution in [0, 0.1) is 5.92 Å². The van der Waals surface area contributed by atoms with E-state index in [0.717, 1.165) is 56.3 Å². The van der Waals surface area contributed by atoms with Crippen LogP contribution in [0.15, 0.2) is 22.7 Å². The van der Waals surface area contributed by atoms with Gasteiger partial charge in [-0.3, -0.25) is 0 Å². The van der Waals surface area contributed by atoms with E-state index in [2.05, 4.69) is 47.7 Å². The summed E-state index contributed by atoms with van der Waals surface area (Å²) in [5.74, 6) is 0.811. The highest BCUT2D eigenvalue weighted by Crippen LogP contribution is 2.33. The van der Waals surface area contributed by atoms with E-state index in [0.29, 0.717) is 6.61 Å². The highest BCUT2D eigenvalue weighted by atomic mass is 16.5. The Hall–Kier alpha value is -1.69. The Kier molecular flexibility index (Phi) is 5.91. The molecule has 0 unspecified atom stereocenters. The summed E-state index contributed by atoms with van der Waals surface area (Å²) < 4.78 is 11.4. The molecule has 2 aliphatic rings. The third-order valence-corrected chi connectivity index (χ3v) is 5.85. The Morgan fingerprint density at radius 3 is 2.81 bits per heavy atom. The molecule has 0 spiro atoms. The van der Waals surface area contributed by atoms with Crippen LogP contribution >= 0.6 is 0 Å². The third-order valence-electron chi connectivity index (χ3n) is 5.85. The molecule has 0 amide bonds. The molecule has 4 rings (SSSR count). The molecule has 3 heterocycles. The molecule has 1 aromatic heterocycles. The van der Waals surface area contributed by atoms with E-state index < -0.39 is 0 Å². The maximum absolute atomic E-state index is 5.90. The third kappa shape index (κ3) is 4.26. The van der Waals surface area contributed by atoms with E-state index in [1.165, 1.54) is 41.3 Å². The van der Waals surface area contributed by atoms with Gasteiger partial charge in [0.1, 0.15) is 0 Å². The number of nitrogens with zero attached hydrogens (tertiary/aromatic N) is 2. The van der Waals surface area contributed by atoms with E-state index in [-0.39, 0.29) is 0 Å². The summed E-state index contributed by atoms with van der Waals surface area (Å²) in [5.41, 5.74) is 6.00. The summed E-state index contributed by atoms with van der Waals surface area (Å²) in [5, 5.41) is 9.12. The molecule has 0 radical (unpaired) electrons. The number of hydrogen-bond acceptors (Lipinski definition) is 5. The van der Waals surface area contributed by atoms with Crippen LogP contribution in [0.2, 0.25) is 0 Å². The van der Waals surface area contributed by atoms with Crippen molar-refractivity contribution in [3.63, 3.8) is 0 Å². The Morgan fingerprint density at radius 1 is 1.22 bits per heavy atom. The van der Waals surface area contributed by atoms with Gasteiger partial charge in [0.25, 0.3) is 0 Å². The van der Waals surface area contributed by atoms with E-state index >= 15 is 0 Å². The zero-order valence-corrected chi connectivity index (χ0v) is 16.6. The van der Waals surface area contributed by atoms with Crippen LogP contribution in [-0.2, 0) is 17.7 Å². The Balaban J connectivity index is 1.63. The minimum absolute atomic E-state index is 0.701. The van der Waals surface area contributed by atoms with Gasteiger partial charge >= 0.3 is 0 Å². The highest BCUT2D eigenvalue weighted by molar-refractivity contribution is 5.88. The van der Waals surface area contributed by atoms with Gasteiger partial charge < -0.3 is 19.5 Å². The molecule has 5 heteroatoms. The van der Waals surface area contributed by atoms with E-state index in [1.54, 1.807) is 0 Å². The molecule has 1 saturated heterocycles. The minimum Gasteiger partial charge on any atom is -0.377 e. The quantitative estimate of drug-likeness (QED) is 0.843. The van der Waals surface area contributed by atoms with Crippen molar-refractivity contribution in [2.75, 3.05) is 40.4 Å². The zero-order valence-electron chi connectivity index (χ0n) is 16.6. The van der Waals surface area contributed by atoms with Gasteiger partial charge in [0.05, 0.1) is 18.9 Å². The topological polar surface area (TPSA) is 50.5 Å². The van der Waals surface area contributed by atoms with Gasteiger partial charge in [-0.05, 0) is 82.4 Å². The Bertz CT molecular complexity index is 803. The molecule has 1 aromatic carbocycles. The number of piperidine rings is 1. The first-order chi connectivity index (χ1) is 13.2. The first kappa shape index (κ1) is 18.7. The second-order valence-electron chi connectivity index (χ2n) is 8.12. The number of nitrogens with one attached hydrogen (secondary N) is 1. The normalized spacial score (nSPS) is 19.0. The fraction of sp³-hybridized carbons (Fsp3) is 0.591. The average Bonchev–Trinajstić information content (AvgIpc) is 3.11. The van der Waals surface area contributed by atoms with Crippen molar-refractivity contribution in [2.45, 2.75) is 38.6 Å². The second-order valence-corrected chi connectivity index (χ2v) is 8.12. The first-order valence-corrected chi connectivity index (χ1v) is 10.2. The first-order valence-electron chi connectivity index (χ1n) is 10.2. The van der Waals surface area contributed by atoms with Crippen molar-refractivity contribution in [3.8, 4) is 0 Å². The molecular formula is C22H31N3O2. The van der Waals surface area contributed by atoms with Crippen LogP contribution in [0.5, 0.6) is 0 Å². The predicted molar refractivity (Wildman–Crippen MR) is 109 cm³/mol. The number of benzene rings is 1. The fourth-order valence-corrected chi connectivity index (χ4v) is 4.35. The summed E-state index contributed by atoms with van der Waals surface area (Å²) in [4.78, 5) is 2.20. The van der Waals surface area contributed by atoms with Crippen LogP contribution in [-0.4, -0.2) is 50.5 Å². The van der Waals surface area contributed by atoms with Gasteiger partial charge in [-0.25, -0.2) is 0 Å². The van der Waals surface area contributed by atoms with Crippen molar-refractivity contribution in [1.82, 2.24) is 15.4 Å². The summed E-state index contributed by atoms with van der Waals surface area (Å²) in [7, 11) is 4.21. The molecule has 1 fully saturated rings. The van der Waals surface area contributed by atoms with Gasteiger partial charge in [0.2, 0.25) is 0 Å². The second kappa shape index (κ2) is 8.55. The molecule has 0 bridgehead atoms. The molecule has 0 atom stereocenters. The minimum atomic E-state index is 0.701. The molecule has 1 N–H and O–H groups in total. The van der Waals surface area contributed by atoms with Crippen LogP contribution in [0.1, 0.15) is 42.5 Å². The molecule has 0 aliphatic carbocycles. The number of ether oxygens (including phenoxy) is 1. The number of rotatable bonds is 6. The number of aryl methyl sites for hydroxylation is 1. The molecular weight excluding hydrogens is 338 g/mol. The maximum Gasteiger partial charge on any atom is 0.172 e. The zero-order chi connectivity index (χ0) is 18.6. The van der Waals surface area contributed by atoms with E-state index in [9.17, 15) is 0 Å². The molecule has 2 aliphatic heterocycles. The van der Waals surface area contributed by atoms with E-state index in [4.69, 9.17) is 9.26 Å². The van der Waals surface area contributed by atoms with Gasteiger partial charge in [0.15, 0.2) is 5.58 Å². The predicted octanol–water partition coefficient (Wildman–Crippen LogP) is 3.63. The largest absolute Gasteiger partial charge is 0.377 e. The molecule has 146 valence electrons. The number of fused-ring (bicyclic) bond motifs is 1. The lowest BCUT2D eigenvalue weighted by Crippen LogP contribution is -2.27. The number of aromatic nitrogens is 1. The van der Waals surface area contributed by atoms with E-state index in [1.807, 2.05) is 0 Å². The van der Waals surface area contributed by atoms with Crippen molar-refractivity contribution in [2.24, 2.45) is 5.92 Å². The Morgan fingerprint density at radius 2 is 2.07 bits per heavy atom. The average molecular weight is 370 g/mol. The van der Waals surface area contributed by atoms with Gasteiger partial charge in [-0.1, -0.05) is 17.3 Å². The van der Waals surface area contributed by atoms with Crippen molar-refractivity contribution < 1.29 is 9.26 Å². The SMILES string of the molecule is CN(C)Cc1c(C2=CCOCC2)ccc2c(CCC3CCNCC3)noc12. The molecule has 2 aromatic rings. The monoisotopic (exact) mass is 369 g/mol. The summed E-state index contributed by atoms with van der Waals surface area (Å²) >= 11 is 0. The van der Waals surface area contributed by atoms with Crippen LogP contribution in [0.3, 0.4) is 0 Å². The summed E-state index contributed by atoms with van der Waals surface area (Å²) in [6, 6.07) is 4.48. The van der Waals surface area contributed by atoms with Crippen molar-refractivity contribution >= 4 is 16.5 Å². The molecule has 27 heavy (non-hydrogen) atoms. The fourth-order valence-electron chi connectivity index (χ4n) is 4.35. The number of hydrogen-bond donors (Lipinski definition) is 1. The summed E-state index contributed by atoms with van der Waals surface area (Å²) in [6.07, 6.45) is 7.94. The smallest absolute Gasteiger partial charge is 0.172 e. The van der Waals surface area contributed by atoms with Crippen LogP contribution in [0.25, 0.3) is 16.5 Å². The van der Waals surface area contributed by atoms with Gasteiger partial charge in [-0.2, -0.15) is 0 Å². The highest BCUT2D eigenvalue weighted by Gasteiger charge is 2.20. The molecule has 5 nitrogen and oxygen atoms in total. The maximum atomic E-state index is 5.90. The van der Waals surface area contributed by atoms with Crippen LogP contribution < -0.4 is 5.32 Å². The Labute approximate surface area is 161 Å². The standard InChI is InChI=1S/C22H31N3O2/c1-25(2)15-20-18(17-9-13-26-14-10-17)4-5-19-21(24-27-22(19)20)6-3-16-7-11-23-12-8-16/h4-5,9,16,23H,3,6-8,10-15H2,1-2H3. The lowest BCUT2D eigenvalue weighted by atomic mass is 9.91. The van der Waals surface area contributed by atoms with Crippen LogP contribution in [0.4, 0.5) is 0 Å². The lowest BCUT2D eigenvalue weighted by molar-refractivity contribution is 0.161. The van der Waals surface area contributed by atoms with Crippen molar-refractivity contribution in [1.29, 1.82) is 0 Å².